The second-order valence-electron chi connectivity index (χ2n) is 5.57. The molecule has 0 radical (unpaired) electrons. The number of hydrogen-bond donors (Lipinski definition) is 2. The van der Waals surface area contributed by atoms with Gasteiger partial charge >= 0.3 is 0 Å². The maximum Gasteiger partial charge on any atom is 0.0865 e. The fourth-order valence-corrected chi connectivity index (χ4v) is 3.23. The Morgan fingerprint density at radius 2 is 2.05 bits per heavy atom. The van der Waals surface area contributed by atoms with Gasteiger partial charge in [0, 0.05) is 49.8 Å². The Morgan fingerprint density at radius 1 is 1.40 bits per heavy atom. The quantitative estimate of drug-likeness (QED) is 0.881. The molecule has 1 aromatic carbocycles. The van der Waals surface area contributed by atoms with Gasteiger partial charge in [0.1, 0.15) is 0 Å². The number of rotatable bonds is 4. The van der Waals surface area contributed by atoms with E-state index >= 15 is 0 Å². The van der Waals surface area contributed by atoms with E-state index in [1.165, 1.54) is 0 Å². The van der Waals surface area contributed by atoms with E-state index in [1.807, 2.05) is 30.1 Å². The van der Waals surface area contributed by atoms with Crippen molar-refractivity contribution in [2.75, 3.05) is 31.7 Å². The summed E-state index contributed by atoms with van der Waals surface area (Å²) in [6.45, 7) is 3.56. The monoisotopic (exact) mass is 343 g/mol. The first-order valence-corrected chi connectivity index (χ1v) is 7.69. The summed E-state index contributed by atoms with van der Waals surface area (Å²) < 4.78 is 6.18. The minimum Gasteiger partial charge on any atom is -0.389 e. The molecule has 2 N–H and O–H groups in total. The lowest BCUT2D eigenvalue weighted by molar-refractivity contribution is -0.0572. The zero-order chi connectivity index (χ0) is 14.8. The summed E-state index contributed by atoms with van der Waals surface area (Å²) in [6, 6.07) is 5.86. The molecule has 1 atom stereocenters. The van der Waals surface area contributed by atoms with Gasteiger partial charge in [-0.1, -0.05) is 22.0 Å². The summed E-state index contributed by atoms with van der Waals surface area (Å²) in [4.78, 5) is 2.04. The van der Waals surface area contributed by atoms with Gasteiger partial charge in [-0.25, -0.2) is 0 Å². The van der Waals surface area contributed by atoms with Crippen LogP contribution in [0.3, 0.4) is 0 Å². The molecule has 1 aliphatic rings. The molecule has 1 aliphatic heterocycles. The maximum atomic E-state index is 10.5. The summed E-state index contributed by atoms with van der Waals surface area (Å²) in [7, 11) is 1.97. The first-order valence-electron chi connectivity index (χ1n) is 6.90. The molecule has 5 heteroatoms. The SMILES string of the molecule is CC(O)c1ccc(N(C)CC2(O)CCOCC2)cc1Br. The van der Waals surface area contributed by atoms with Crippen LogP contribution in [0, 0.1) is 0 Å². The van der Waals surface area contributed by atoms with E-state index in [1.54, 1.807) is 6.92 Å². The number of halogens is 1. The first kappa shape index (κ1) is 15.8. The fraction of sp³-hybridized carbons (Fsp3) is 0.600. The average Bonchev–Trinajstić information content (AvgIpc) is 2.38. The van der Waals surface area contributed by atoms with Crippen LogP contribution < -0.4 is 4.90 Å². The number of hydrogen-bond acceptors (Lipinski definition) is 4. The van der Waals surface area contributed by atoms with Crippen LogP contribution in [-0.2, 0) is 4.74 Å². The summed E-state index contributed by atoms with van der Waals surface area (Å²) in [5.41, 5.74) is 1.20. The molecule has 0 bridgehead atoms. The first-order chi connectivity index (χ1) is 9.41. The van der Waals surface area contributed by atoms with Gasteiger partial charge in [-0.15, -0.1) is 0 Å². The summed E-state index contributed by atoms with van der Waals surface area (Å²) in [6.07, 6.45) is 0.845. The van der Waals surface area contributed by atoms with E-state index in [0.717, 1.165) is 15.7 Å². The molecule has 112 valence electrons. The molecule has 1 saturated heterocycles. The molecule has 0 aromatic heterocycles. The van der Waals surface area contributed by atoms with Gasteiger partial charge in [0.2, 0.25) is 0 Å². The molecule has 1 fully saturated rings. The minimum atomic E-state index is -0.678. The molecule has 1 unspecified atom stereocenters. The number of aliphatic hydroxyl groups excluding tert-OH is 1. The topological polar surface area (TPSA) is 52.9 Å². The zero-order valence-corrected chi connectivity index (χ0v) is 13.6. The van der Waals surface area contributed by atoms with Crippen molar-refractivity contribution in [1.82, 2.24) is 0 Å². The Balaban J connectivity index is 2.09. The Hall–Kier alpha value is -0.620. The average molecular weight is 344 g/mol. The lowest BCUT2D eigenvalue weighted by atomic mass is 9.93. The Morgan fingerprint density at radius 3 is 2.60 bits per heavy atom. The van der Waals surface area contributed by atoms with Crippen LogP contribution in [-0.4, -0.2) is 42.6 Å². The standard InChI is InChI=1S/C15H22BrNO3/c1-11(18)13-4-3-12(9-14(13)16)17(2)10-15(19)5-7-20-8-6-15/h3-4,9,11,18-19H,5-8,10H2,1-2H3. The van der Waals surface area contributed by atoms with E-state index in [-0.39, 0.29) is 0 Å². The molecular formula is C15H22BrNO3. The van der Waals surface area contributed by atoms with Crippen molar-refractivity contribution in [3.05, 3.63) is 28.2 Å². The van der Waals surface area contributed by atoms with Crippen molar-refractivity contribution in [2.24, 2.45) is 0 Å². The third-order valence-corrected chi connectivity index (χ3v) is 4.52. The fourth-order valence-electron chi connectivity index (χ4n) is 2.53. The second kappa shape index (κ2) is 6.43. The van der Waals surface area contributed by atoms with E-state index in [0.29, 0.717) is 32.6 Å². The lowest BCUT2D eigenvalue weighted by Crippen LogP contribution is -2.45. The van der Waals surface area contributed by atoms with Crippen molar-refractivity contribution in [2.45, 2.75) is 31.5 Å². The van der Waals surface area contributed by atoms with Crippen LogP contribution in [0.25, 0.3) is 0 Å². The van der Waals surface area contributed by atoms with Gasteiger partial charge in [-0.3, -0.25) is 0 Å². The van der Waals surface area contributed by atoms with Gasteiger partial charge in [0.25, 0.3) is 0 Å². The molecule has 1 aromatic rings. The number of anilines is 1. The van der Waals surface area contributed by atoms with E-state index in [9.17, 15) is 10.2 Å². The number of ether oxygens (including phenoxy) is 1. The van der Waals surface area contributed by atoms with Crippen molar-refractivity contribution in [3.8, 4) is 0 Å². The third kappa shape index (κ3) is 3.73. The Kier molecular flexibility index (Phi) is 5.07. The Labute approximate surface area is 128 Å². The van der Waals surface area contributed by atoms with Crippen molar-refractivity contribution < 1.29 is 14.9 Å². The van der Waals surface area contributed by atoms with Crippen LogP contribution in [0.1, 0.15) is 31.4 Å². The predicted octanol–water partition coefficient (Wildman–Crippen LogP) is 2.48. The highest BCUT2D eigenvalue weighted by atomic mass is 79.9. The van der Waals surface area contributed by atoms with Crippen molar-refractivity contribution in [3.63, 3.8) is 0 Å². The minimum absolute atomic E-state index is 0.497. The van der Waals surface area contributed by atoms with Crippen LogP contribution in [0.2, 0.25) is 0 Å². The number of nitrogens with zero attached hydrogens (tertiary/aromatic N) is 1. The Bertz CT molecular complexity index is 458. The largest absolute Gasteiger partial charge is 0.389 e. The van der Waals surface area contributed by atoms with Crippen molar-refractivity contribution >= 4 is 21.6 Å². The van der Waals surface area contributed by atoms with Gasteiger partial charge < -0.3 is 19.8 Å². The summed E-state index contributed by atoms with van der Waals surface area (Å²) in [5, 5.41) is 20.2. The highest BCUT2D eigenvalue weighted by Crippen LogP contribution is 2.29. The van der Waals surface area contributed by atoms with Gasteiger partial charge in [0.15, 0.2) is 0 Å². The van der Waals surface area contributed by atoms with Gasteiger partial charge in [-0.2, -0.15) is 0 Å². The van der Waals surface area contributed by atoms with E-state index < -0.39 is 11.7 Å². The summed E-state index contributed by atoms with van der Waals surface area (Å²) >= 11 is 3.49. The highest BCUT2D eigenvalue weighted by Gasteiger charge is 2.31. The number of aliphatic hydroxyl groups is 2. The lowest BCUT2D eigenvalue weighted by Gasteiger charge is -2.36. The van der Waals surface area contributed by atoms with Gasteiger partial charge in [0.05, 0.1) is 11.7 Å². The molecule has 0 saturated carbocycles. The zero-order valence-electron chi connectivity index (χ0n) is 12.0. The molecule has 2 rings (SSSR count). The van der Waals surface area contributed by atoms with Crippen LogP contribution in [0.5, 0.6) is 0 Å². The molecule has 20 heavy (non-hydrogen) atoms. The van der Waals surface area contributed by atoms with Crippen LogP contribution in [0.15, 0.2) is 22.7 Å². The maximum absolute atomic E-state index is 10.5. The predicted molar refractivity (Wildman–Crippen MR) is 83.0 cm³/mol. The summed E-state index contributed by atoms with van der Waals surface area (Å²) in [5.74, 6) is 0. The molecule has 0 amide bonds. The third-order valence-electron chi connectivity index (χ3n) is 3.83. The molecule has 1 heterocycles. The second-order valence-corrected chi connectivity index (χ2v) is 6.43. The number of likely N-dealkylation sites (N-methyl/N-ethyl adjacent to an activating group) is 1. The van der Waals surface area contributed by atoms with Crippen LogP contribution in [0.4, 0.5) is 5.69 Å². The van der Waals surface area contributed by atoms with Gasteiger partial charge in [-0.05, 0) is 24.6 Å². The number of benzene rings is 1. The highest BCUT2D eigenvalue weighted by molar-refractivity contribution is 9.10. The molecule has 4 nitrogen and oxygen atoms in total. The molecular weight excluding hydrogens is 322 g/mol. The van der Waals surface area contributed by atoms with E-state index in [4.69, 9.17) is 4.74 Å². The molecule has 0 spiro atoms. The smallest absolute Gasteiger partial charge is 0.0865 e. The molecule has 0 aliphatic carbocycles. The van der Waals surface area contributed by atoms with Crippen LogP contribution >= 0.6 is 15.9 Å². The van der Waals surface area contributed by atoms with Crippen molar-refractivity contribution in [1.29, 1.82) is 0 Å². The van der Waals surface area contributed by atoms with E-state index in [2.05, 4.69) is 15.9 Å². The normalized spacial score (nSPS) is 19.6.